The van der Waals surface area contributed by atoms with Crippen LogP contribution in [0.3, 0.4) is 0 Å². The lowest BCUT2D eigenvalue weighted by molar-refractivity contribution is 0.0921. The minimum Gasteiger partial charge on any atom is -0.351 e. The second-order valence-corrected chi connectivity index (χ2v) is 7.45. The van der Waals surface area contributed by atoms with Crippen LogP contribution in [0.4, 0.5) is 0 Å². The van der Waals surface area contributed by atoms with Crippen LogP contribution in [0.5, 0.6) is 0 Å². The van der Waals surface area contributed by atoms with Gasteiger partial charge in [-0.2, -0.15) is 0 Å². The van der Waals surface area contributed by atoms with E-state index in [9.17, 15) is 4.79 Å². The second kappa shape index (κ2) is 6.54. The van der Waals surface area contributed by atoms with Crippen molar-refractivity contribution < 1.29 is 4.79 Å². The van der Waals surface area contributed by atoms with Crippen molar-refractivity contribution >= 4 is 44.4 Å². The zero-order valence-corrected chi connectivity index (χ0v) is 14.7. The van der Waals surface area contributed by atoms with Gasteiger partial charge in [0.2, 0.25) is 0 Å². The van der Waals surface area contributed by atoms with Gasteiger partial charge >= 0.3 is 0 Å². The molecule has 1 aliphatic heterocycles. The number of nitrogens with one attached hydrogen (secondary N) is 2. The summed E-state index contributed by atoms with van der Waals surface area (Å²) in [6.07, 6.45) is 2.23. The number of carbonyl (C=O) groups is 1. The largest absolute Gasteiger partial charge is 0.351 e. The Morgan fingerprint density at radius 2 is 2.16 bits per heavy atom. The standard InChI is InChI=1S/C14H18BrIN2O/c1-14(4-6-17-7-5-14)9-18-13(19)11-8-10(15)2-3-12(11)16/h2-3,8,17H,4-7,9H2,1H3,(H,18,19). The molecule has 1 saturated heterocycles. The van der Waals surface area contributed by atoms with Gasteiger partial charge in [-0.15, -0.1) is 0 Å². The molecule has 5 heteroatoms. The van der Waals surface area contributed by atoms with Crippen molar-refractivity contribution in [3.8, 4) is 0 Å². The topological polar surface area (TPSA) is 41.1 Å². The average Bonchev–Trinajstić information content (AvgIpc) is 2.40. The van der Waals surface area contributed by atoms with Gasteiger partial charge in [0.25, 0.3) is 5.91 Å². The van der Waals surface area contributed by atoms with Gasteiger partial charge < -0.3 is 10.6 Å². The van der Waals surface area contributed by atoms with Gasteiger partial charge in [-0.3, -0.25) is 4.79 Å². The Morgan fingerprint density at radius 1 is 1.47 bits per heavy atom. The molecule has 0 radical (unpaired) electrons. The molecule has 2 N–H and O–H groups in total. The Hall–Kier alpha value is -0.140. The van der Waals surface area contributed by atoms with E-state index in [1.54, 1.807) is 0 Å². The molecule has 1 heterocycles. The molecule has 1 aromatic carbocycles. The van der Waals surface area contributed by atoms with Crippen LogP contribution >= 0.6 is 38.5 Å². The minimum absolute atomic E-state index is 0.0189. The van der Waals surface area contributed by atoms with Crippen molar-refractivity contribution in [3.63, 3.8) is 0 Å². The van der Waals surface area contributed by atoms with E-state index in [4.69, 9.17) is 0 Å². The smallest absolute Gasteiger partial charge is 0.252 e. The van der Waals surface area contributed by atoms with Crippen LogP contribution in [0.15, 0.2) is 22.7 Å². The van der Waals surface area contributed by atoms with E-state index < -0.39 is 0 Å². The number of rotatable bonds is 3. The summed E-state index contributed by atoms with van der Waals surface area (Å²) in [6.45, 7) is 5.08. The zero-order valence-electron chi connectivity index (χ0n) is 10.9. The molecule has 3 nitrogen and oxygen atoms in total. The lowest BCUT2D eigenvalue weighted by Crippen LogP contribution is -2.43. The molecule has 0 saturated carbocycles. The van der Waals surface area contributed by atoms with Crippen molar-refractivity contribution in [1.29, 1.82) is 0 Å². The molecule has 0 atom stereocenters. The molecule has 1 fully saturated rings. The summed E-state index contributed by atoms with van der Waals surface area (Å²) in [7, 11) is 0. The van der Waals surface area contributed by atoms with Crippen LogP contribution in [-0.2, 0) is 0 Å². The van der Waals surface area contributed by atoms with Gasteiger partial charge in [-0.05, 0) is 72.1 Å². The van der Waals surface area contributed by atoms with E-state index in [-0.39, 0.29) is 11.3 Å². The molecule has 1 aliphatic rings. The molecule has 0 aromatic heterocycles. The summed E-state index contributed by atoms with van der Waals surface area (Å²) < 4.78 is 1.92. The average molecular weight is 437 g/mol. The molecule has 0 bridgehead atoms. The van der Waals surface area contributed by atoms with Crippen molar-refractivity contribution in [2.45, 2.75) is 19.8 Å². The van der Waals surface area contributed by atoms with Crippen molar-refractivity contribution in [1.82, 2.24) is 10.6 Å². The number of halogens is 2. The highest BCUT2D eigenvalue weighted by Gasteiger charge is 2.27. The Kier molecular flexibility index (Phi) is 5.25. The molecule has 104 valence electrons. The maximum absolute atomic E-state index is 12.3. The fourth-order valence-corrected chi connectivity index (χ4v) is 3.21. The first-order chi connectivity index (χ1) is 9.00. The van der Waals surface area contributed by atoms with Crippen LogP contribution in [-0.4, -0.2) is 25.5 Å². The third-order valence-corrected chi connectivity index (χ3v) is 5.09. The Bertz CT molecular complexity index is 473. The first-order valence-electron chi connectivity index (χ1n) is 6.44. The van der Waals surface area contributed by atoms with Crippen LogP contribution in [0.2, 0.25) is 0 Å². The Labute approximate surface area is 136 Å². The summed E-state index contributed by atoms with van der Waals surface area (Å²) >= 11 is 5.61. The van der Waals surface area contributed by atoms with Crippen LogP contribution in [0.1, 0.15) is 30.1 Å². The molecular weight excluding hydrogens is 419 g/mol. The first-order valence-corrected chi connectivity index (χ1v) is 8.31. The molecule has 0 spiro atoms. The fourth-order valence-electron chi connectivity index (χ4n) is 2.27. The normalized spacial score (nSPS) is 18.1. The van der Waals surface area contributed by atoms with E-state index in [2.05, 4.69) is 56.1 Å². The SMILES string of the molecule is CC1(CNC(=O)c2cc(Br)ccc2I)CCNCC1. The fraction of sp³-hybridized carbons (Fsp3) is 0.500. The quantitative estimate of drug-likeness (QED) is 0.714. The lowest BCUT2D eigenvalue weighted by Gasteiger charge is -2.34. The van der Waals surface area contributed by atoms with Gasteiger partial charge in [0.05, 0.1) is 5.56 Å². The third-order valence-electron chi connectivity index (χ3n) is 3.66. The van der Waals surface area contributed by atoms with Crippen LogP contribution in [0.25, 0.3) is 0 Å². The molecule has 2 rings (SSSR count). The highest BCUT2D eigenvalue weighted by atomic mass is 127. The van der Waals surface area contributed by atoms with Gasteiger partial charge in [0.15, 0.2) is 0 Å². The van der Waals surface area contributed by atoms with E-state index in [0.29, 0.717) is 0 Å². The number of carbonyl (C=O) groups excluding carboxylic acids is 1. The molecule has 0 unspecified atom stereocenters. The molecular formula is C14H18BrIN2O. The summed E-state index contributed by atoms with van der Waals surface area (Å²) in [4.78, 5) is 12.3. The predicted octanol–water partition coefficient (Wildman–Crippen LogP) is 3.17. The molecule has 0 aliphatic carbocycles. The number of hydrogen-bond acceptors (Lipinski definition) is 2. The number of amides is 1. The maximum atomic E-state index is 12.3. The zero-order chi connectivity index (χ0) is 13.9. The molecule has 1 amide bonds. The van der Waals surface area contributed by atoms with Gasteiger partial charge in [0.1, 0.15) is 0 Å². The first kappa shape index (κ1) is 15.3. The second-order valence-electron chi connectivity index (χ2n) is 5.37. The van der Waals surface area contributed by atoms with Gasteiger partial charge in [-0.1, -0.05) is 22.9 Å². The predicted molar refractivity (Wildman–Crippen MR) is 89.4 cm³/mol. The lowest BCUT2D eigenvalue weighted by atomic mass is 9.81. The summed E-state index contributed by atoms with van der Waals surface area (Å²) in [5.41, 5.74) is 0.964. The van der Waals surface area contributed by atoms with Crippen molar-refractivity contribution in [2.75, 3.05) is 19.6 Å². The molecule has 19 heavy (non-hydrogen) atoms. The summed E-state index contributed by atoms with van der Waals surface area (Å²) in [6, 6.07) is 5.78. The van der Waals surface area contributed by atoms with E-state index in [1.165, 1.54) is 0 Å². The summed E-state index contributed by atoms with van der Waals surface area (Å²) in [5, 5.41) is 6.44. The van der Waals surface area contributed by atoms with E-state index in [0.717, 1.165) is 46.1 Å². The van der Waals surface area contributed by atoms with Crippen LogP contribution < -0.4 is 10.6 Å². The number of piperidine rings is 1. The monoisotopic (exact) mass is 436 g/mol. The third kappa shape index (κ3) is 4.16. The highest BCUT2D eigenvalue weighted by molar-refractivity contribution is 14.1. The maximum Gasteiger partial charge on any atom is 0.252 e. The van der Waals surface area contributed by atoms with Gasteiger partial charge in [0, 0.05) is 14.6 Å². The van der Waals surface area contributed by atoms with E-state index in [1.807, 2.05) is 18.2 Å². The van der Waals surface area contributed by atoms with Crippen LogP contribution in [0, 0.1) is 8.99 Å². The number of benzene rings is 1. The Balaban J connectivity index is 1.99. The van der Waals surface area contributed by atoms with Crippen molar-refractivity contribution in [3.05, 3.63) is 31.8 Å². The van der Waals surface area contributed by atoms with Gasteiger partial charge in [-0.25, -0.2) is 0 Å². The van der Waals surface area contributed by atoms with E-state index >= 15 is 0 Å². The van der Waals surface area contributed by atoms with Crippen molar-refractivity contribution in [2.24, 2.45) is 5.41 Å². The number of hydrogen-bond donors (Lipinski definition) is 2. The minimum atomic E-state index is 0.0189. The molecule has 1 aromatic rings. The highest BCUT2D eigenvalue weighted by Crippen LogP contribution is 2.27. The Morgan fingerprint density at radius 3 is 2.84 bits per heavy atom. The summed E-state index contributed by atoms with van der Waals surface area (Å²) in [5.74, 6) is 0.0189.